The Kier molecular flexibility index (Phi) is 3.92. The molecule has 1 amide bonds. The summed E-state index contributed by atoms with van der Waals surface area (Å²) in [7, 11) is 0. The minimum absolute atomic E-state index is 0.0498. The predicted octanol–water partition coefficient (Wildman–Crippen LogP) is 3.32. The molecule has 0 unspecified atom stereocenters. The standard InChI is InChI=1S/C16H16ClN3O3S/c17-10-1-2-14-12(7-10)18-15(24-14)9-3-5-19(6-4-9)16(21)11-8-13(11)20(22)23/h1-2,7,9,11,13H,3-6,8H2/t11-,13-/m1/s1. The van der Waals surface area contributed by atoms with E-state index in [9.17, 15) is 14.9 Å². The number of hydrogen-bond acceptors (Lipinski definition) is 5. The van der Waals surface area contributed by atoms with Gasteiger partial charge in [0, 0.05) is 35.4 Å². The third kappa shape index (κ3) is 2.86. The largest absolute Gasteiger partial charge is 0.342 e. The number of piperidine rings is 1. The molecule has 1 aliphatic carbocycles. The van der Waals surface area contributed by atoms with Crippen LogP contribution in [-0.4, -0.2) is 39.8 Å². The van der Waals surface area contributed by atoms with E-state index in [0.29, 0.717) is 30.5 Å². The third-order valence-corrected chi connectivity index (χ3v) is 6.30. The lowest BCUT2D eigenvalue weighted by Crippen LogP contribution is -2.39. The van der Waals surface area contributed by atoms with Crippen LogP contribution in [0.1, 0.15) is 30.2 Å². The quantitative estimate of drug-likeness (QED) is 0.617. The summed E-state index contributed by atoms with van der Waals surface area (Å²) in [5.41, 5.74) is 0.924. The molecule has 2 heterocycles. The van der Waals surface area contributed by atoms with Crippen LogP contribution in [0.25, 0.3) is 10.2 Å². The maximum atomic E-state index is 12.3. The summed E-state index contributed by atoms with van der Waals surface area (Å²) in [6, 6.07) is 5.07. The minimum atomic E-state index is -0.663. The Morgan fingerprint density at radius 1 is 1.38 bits per heavy atom. The van der Waals surface area contributed by atoms with Gasteiger partial charge in [0.05, 0.1) is 15.2 Å². The van der Waals surface area contributed by atoms with E-state index in [2.05, 4.69) is 0 Å². The van der Waals surface area contributed by atoms with Crippen molar-refractivity contribution in [3.8, 4) is 0 Å². The van der Waals surface area contributed by atoms with Gasteiger partial charge in [-0.2, -0.15) is 0 Å². The van der Waals surface area contributed by atoms with Gasteiger partial charge >= 0.3 is 0 Å². The van der Waals surface area contributed by atoms with Crippen LogP contribution >= 0.6 is 22.9 Å². The summed E-state index contributed by atoms with van der Waals surface area (Å²) in [5.74, 6) is -0.108. The van der Waals surface area contributed by atoms with E-state index < -0.39 is 12.0 Å². The zero-order chi connectivity index (χ0) is 16.8. The van der Waals surface area contributed by atoms with E-state index in [0.717, 1.165) is 28.1 Å². The van der Waals surface area contributed by atoms with Gasteiger partial charge in [-0.1, -0.05) is 11.6 Å². The predicted molar refractivity (Wildman–Crippen MR) is 92.1 cm³/mol. The molecule has 6 nitrogen and oxygen atoms in total. The summed E-state index contributed by atoms with van der Waals surface area (Å²) in [6.07, 6.45) is 2.11. The first-order valence-corrected chi connectivity index (χ1v) is 9.20. The molecule has 126 valence electrons. The average molecular weight is 366 g/mol. The highest BCUT2D eigenvalue weighted by molar-refractivity contribution is 7.18. The Balaban J connectivity index is 1.40. The van der Waals surface area contributed by atoms with E-state index in [1.165, 1.54) is 0 Å². The van der Waals surface area contributed by atoms with Gasteiger partial charge in [0.25, 0.3) is 0 Å². The number of fused-ring (bicyclic) bond motifs is 1. The van der Waals surface area contributed by atoms with Crippen molar-refractivity contribution in [2.24, 2.45) is 5.92 Å². The van der Waals surface area contributed by atoms with Crippen LogP contribution in [0, 0.1) is 16.0 Å². The summed E-state index contributed by atoms with van der Waals surface area (Å²) >= 11 is 7.69. The number of aromatic nitrogens is 1. The number of benzene rings is 1. The molecule has 2 aromatic rings. The fourth-order valence-electron chi connectivity index (χ4n) is 3.35. The first kappa shape index (κ1) is 15.8. The Morgan fingerprint density at radius 3 is 2.79 bits per heavy atom. The van der Waals surface area contributed by atoms with Crippen LogP contribution in [0.3, 0.4) is 0 Å². The van der Waals surface area contributed by atoms with Crippen LogP contribution < -0.4 is 0 Å². The van der Waals surface area contributed by atoms with Crippen molar-refractivity contribution in [2.45, 2.75) is 31.2 Å². The minimum Gasteiger partial charge on any atom is -0.342 e. The van der Waals surface area contributed by atoms with Gasteiger partial charge in [-0.3, -0.25) is 14.9 Å². The lowest BCUT2D eigenvalue weighted by Gasteiger charge is -2.31. The second-order valence-corrected chi connectivity index (χ2v) is 7.96. The van der Waals surface area contributed by atoms with Gasteiger partial charge in [0.2, 0.25) is 11.9 Å². The molecule has 1 aromatic heterocycles. The number of halogens is 1. The van der Waals surface area contributed by atoms with E-state index in [1.807, 2.05) is 18.2 Å². The normalized spacial score (nSPS) is 24.3. The number of likely N-dealkylation sites (tertiary alicyclic amines) is 1. The number of amides is 1. The van der Waals surface area contributed by atoms with Crippen molar-refractivity contribution < 1.29 is 9.72 Å². The number of nitrogens with zero attached hydrogens (tertiary/aromatic N) is 3. The highest BCUT2D eigenvalue weighted by Gasteiger charge is 2.54. The highest BCUT2D eigenvalue weighted by atomic mass is 35.5. The summed E-state index contributed by atoms with van der Waals surface area (Å²) < 4.78 is 1.12. The van der Waals surface area contributed by atoms with Crippen LogP contribution in [-0.2, 0) is 4.79 Å². The SMILES string of the molecule is O=C([C@@H]1C[C@H]1[N+](=O)[O-])N1CCC(c2nc3cc(Cl)ccc3s2)CC1. The van der Waals surface area contributed by atoms with Crippen LogP contribution in [0.2, 0.25) is 5.02 Å². The molecule has 2 aliphatic rings. The maximum Gasteiger partial charge on any atom is 0.232 e. The number of carbonyl (C=O) groups excluding carboxylic acids is 1. The van der Waals surface area contributed by atoms with Crippen molar-refractivity contribution in [3.05, 3.63) is 38.3 Å². The third-order valence-electron chi connectivity index (χ3n) is 4.87. The average Bonchev–Trinajstić information content (AvgIpc) is 3.27. The number of hydrogen-bond donors (Lipinski definition) is 0. The molecule has 1 aromatic carbocycles. The summed E-state index contributed by atoms with van der Waals surface area (Å²) in [4.78, 5) is 29.2. The monoisotopic (exact) mass is 365 g/mol. The first-order chi connectivity index (χ1) is 11.5. The van der Waals surface area contributed by atoms with Crippen molar-refractivity contribution in [1.29, 1.82) is 0 Å². The van der Waals surface area contributed by atoms with Crippen molar-refractivity contribution in [2.75, 3.05) is 13.1 Å². The fourth-order valence-corrected chi connectivity index (χ4v) is 4.64. The molecular formula is C16H16ClN3O3S. The highest BCUT2D eigenvalue weighted by Crippen LogP contribution is 2.38. The van der Waals surface area contributed by atoms with Gasteiger partial charge in [0.1, 0.15) is 5.92 Å². The molecule has 0 spiro atoms. The van der Waals surface area contributed by atoms with Crippen molar-refractivity contribution >= 4 is 39.1 Å². The van der Waals surface area contributed by atoms with Crippen molar-refractivity contribution in [1.82, 2.24) is 9.88 Å². The van der Waals surface area contributed by atoms with Gasteiger partial charge < -0.3 is 4.90 Å². The maximum absolute atomic E-state index is 12.3. The van der Waals surface area contributed by atoms with Crippen LogP contribution in [0.15, 0.2) is 18.2 Å². The molecular weight excluding hydrogens is 350 g/mol. The Hall–Kier alpha value is -1.73. The van der Waals surface area contributed by atoms with Crippen LogP contribution in [0.4, 0.5) is 0 Å². The summed E-state index contributed by atoms with van der Waals surface area (Å²) in [6.45, 7) is 1.31. The van der Waals surface area contributed by atoms with Gasteiger partial charge in [-0.05, 0) is 31.0 Å². The first-order valence-electron chi connectivity index (χ1n) is 8.01. The fraction of sp³-hybridized carbons (Fsp3) is 0.500. The van der Waals surface area contributed by atoms with E-state index >= 15 is 0 Å². The molecule has 1 aliphatic heterocycles. The second-order valence-electron chi connectivity index (χ2n) is 6.46. The topological polar surface area (TPSA) is 76.3 Å². The van der Waals surface area contributed by atoms with Gasteiger partial charge in [-0.25, -0.2) is 4.98 Å². The van der Waals surface area contributed by atoms with E-state index in [4.69, 9.17) is 16.6 Å². The second kappa shape index (κ2) is 5.97. The summed E-state index contributed by atoms with van der Waals surface area (Å²) in [5, 5.41) is 12.5. The van der Waals surface area contributed by atoms with Gasteiger partial charge in [-0.15, -0.1) is 11.3 Å². The number of thiazole rings is 1. The molecule has 1 saturated carbocycles. The molecule has 1 saturated heterocycles. The smallest absolute Gasteiger partial charge is 0.232 e. The number of rotatable bonds is 3. The molecule has 2 atom stereocenters. The zero-order valence-corrected chi connectivity index (χ0v) is 14.4. The van der Waals surface area contributed by atoms with E-state index in [-0.39, 0.29) is 10.8 Å². The molecule has 0 bridgehead atoms. The number of carbonyl (C=O) groups is 1. The molecule has 8 heteroatoms. The molecule has 4 rings (SSSR count). The lowest BCUT2D eigenvalue weighted by molar-refractivity contribution is -0.497. The van der Waals surface area contributed by atoms with Crippen molar-refractivity contribution in [3.63, 3.8) is 0 Å². The van der Waals surface area contributed by atoms with Crippen LogP contribution in [0.5, 0.6) is 0 Å². The molecule has 0 radical (unpaired) electrons. The Labute approximate surface area is 147 Å². The Morgan fingerprint density at radius 2 is 2.12 bits per heavy atom. The molecule has 24 heavy (non-hydrogen) atoms. The van der Waals surface area contributed by atoms with Gasteiger partial charge in [0.15, 0.2) is 0 Å². The molecule has 2 fully saturated rings. The molecule has 0 N–H and O–H groups in total. The van der Waals surface area contributed by atoms with E-state index in [1.54, 1.807) is 16.2 Å². The zero-order valence-electron chi connectivity index (χ0n) is 12.9. The lowest BCUT2D eigenvalue weighted by atomic mass is 9.97. The number of nitro groups is 1. The Bertz CT molecular complexity index is 816.